The summed E-state index contributed by atoms with van der Waals surface area (Å²) < 4.78 is 21.5. The standard InChI is InChI=1S/C9H18O3S/c1-6(2)8-5-9(7(3)4)12-13(10)11-8/h6-9H,5H2,1-4H3/t8-,9-/m1/s1. The van der Waals surface area contributed by atoms with Crippen LogP contribution in [0.4, 0.5) is 0 Å². The average molecular weight is 206 g/mol. The maximum atomic E-state index is 11.2. The first-order valence-electron chi connectivity index (χ1n) is 4.76. The van der Waals surface area contributed by atoms with Crippen LogP contribution in [0.1, 0.15) is 34.1 Å². The molecule has 0 saturated carbocycles. The maximum Gasteiger partial charge on any atom is 0.305 e. The topological polar surface area (TPSA) is 35.5 Å². The zero-order valence-electron chi connectivity index (χ0n) is 8.65. The molecule has 0 unspecified atom stereocenters. The van der Waals surface area contributed by atoms with Crippen LogP contribution in [-0.2, 0) is 19.7 Å². The Morgan fingerprint density at radius 3 is 1.77 bits per heavy atom. The summed E-state index contributed by atoms with van der Waals surface area (Å²) in [5.41, 5.74) is 0. The maximum absolute atomic E-state index is 11.2. The predicted octanol–water partition coefficient (Wildman–Crippen LogP) is 2.05. The molecule has 0 aromatic carbocycles. The minimum atomic E-state index is -1.54. The molecule has 0 aromatic rings. The van der Waals surface area contributed by atoms with Crippen molar-refractivity contribution in [3.63, 3.8) is 0 Å². The molecule has 0 spiro atoms. The Morgan fingerprint density at radius 2 is 1.46 bits per heavy atom. The van der Waals surface area contributed by atoms with E-state index in [0.717, 1.165) is 6.42 Å². The van der Waals surface area contributed by atoms with E-state index >= 15 is 0 Å². The lowest BCUT2D eigenvalue weighted by Gasteiger charge is -2.31. The van der Waals surface area contributed by atoms with Crippen molar-refractivity contribution in [2.45, 2.75) is 46.3 Å². The lowest BCUT2D eigenvalue weighted by atomic mass is 9.95. The highest BCUT2D eigenvalue weighted by molar-refractivity contribution is 7.75. The summed E-state index contributed by atoms with van der Waals surface area (Å²) in [5, 5.41) is 0. The molecule has 0 bridgehead atoms. The van der Waals surface area contributed by atoms with Gasteiger partial charge in [0.1, 0.15) is 0 Å². The van der Waals surface area contributed by atoms with Crippen molar-refractivity contribution < 1.29 is 12.6 Å². The van der Waals surface area contributed by atoms with E-state index in [1.165, 1.54) is 0 Å². The molecule has 1 aliphatic rings. The SMILES string of the molecule is CC(C)[C@H]1C[C@H](C(C)C)OS(=O)O1. The molecule has 3 nitrogen and oxygen atoms in total. The third-order valence-electron chi connectivity index (χ3n) is 2.36. The van der Waals surface area contributed by atoms with Crippen molar-refractivity contribution in [3.8, 4) is 0 Å². The normalized spacial score (nSPS) is 35.7. The third-order valence-corrected chi connectivity index (χ3v) is 3.16. The van der Waals surface area contributed by atoms with Gasteiger partial charge in [0.2, 0.25) is 0 Å². The Bertz CT molecular complexity index is 173. The molecular weight excluding hydrogens is 188 g/mol. The number of hydrogen-bond acceptors (Lipinski definition) is 3. The van der Waals surface area contributed by atoms with Gasteiger partial charge in [-0.25, -0.2) is 0 Å². The molecule has 0 aromatic heterocycles. The van der Waals surface area contributed by atoms with Gasteiger partial charge in [-0.15, -0.1) is 0 Å². The molecule has 2 atom stereocenters. The molecule has 1 fully saturated rings. The monoisotopic (exact) mass is 206 g/mol. The van der Waals surface area contributed by atoms with Crippen LogP contribution < -0.4 is 0 Å². The van der Waals surface area contributed by atoms with Gasteiger partial charge in [0.25, 0.3) is 0 Å². The van der Waals surface area contributed by atoms with Gasteiger partial charge in [-0.3, -0.25) is 8.37 Å². The highest BCUT2D eigenvalue weighted by Crippen LogP contribution is 2.26. The van der Waals surface area contributed by atoms with Gasteiger partial charge in [-0.1, -0.05) is 27.7 Å². The fraction of sp³-hybridized carbons (Fsp3) is 1.00. The van der Waals surface area contributed by atoms with Crippen molar-refractivity contribution in [1.29, 1.82) is 0 Å². The molecule has 0 aliphatic carbocycles. The molecule has 4 heteroatoms. The van der Waals surface area contributed by atoms with Crippen LogP contribution in [0, 0.1) is 11.8 Å². The molecular formula is C9H18O3S. The van der Waals surface area contributed by atoms with E-state index in [1.54, 1.807) is 0 Å². The second-order valence-electron chi connectivity index (χ2n) is 4.20. The van der Waals surface area contributed by atoms with Crippen LogP contribution in [0.15, 0.2) is 0 Å². The van der Waals surface area contributed by atoms with Gasteiger partial charge >= 0.3 is 11.4 Å². The first-order valence-corrected chi connectivity index (χ1v) is 5.76. The summed E-state index contributed by atoms with van der Waals surface area (Å²) in [7, 11) is 0. The fourth-order valence-electron chi connectivity index (χ4n) is 1.30. The molecule has 0 N–H and O–H groups in total. The first kappa shape index (κ1) is 11.1. The summed E-state index contributed by atoms with van der Waals surface area (Å²) in [4.78, 5) is 0. The average Bonchev–Trinajstić information content (AvgIpc) is 2.03. The van der Waals surface area contributed by atoms with Gasteiger partial charge in [0, 0.05) is 6.42 Å². The minimum Gasteiger partial charge on any atom is -0.265 e. The van der Waals surface area contributed by atoms with Crippen LogP contribution in [-0.4, -0.2) is 16.4 Å². The fourth-order valence-corrected chi connectivity index (χ4v) is 2.35. The summed E-state index contributed by atoms with van der Waals surface area (Å²) >= 11 is -1.54. The summed E-state index contributed by atoms with van der Waals surface area (Å²) in [6.45, 7) is 8.30. The van der Waals surface area contributed by atoms with Gasteiger partial charge in [0.15, 0.2) is 0 Å². The third kappa shape index (κ3) is 3.04. The summed E-state index contributed by atoms with van der Waals surface area (Å²) in [6.07, 6.45) is 0.991. The molecule has 13 heavy (non-hydrogen) atoms. The van der Waals surface area contributed by atoms with E-state index in [1.807, 2.05) is 0 Å². The van der Waals surface area contributed by atoms with Gasteiger partial charge in [-0.05, 0) is 11.8 Å². The lowest BCUT2D eigenvalue weighted by Crippen LogP contribution is -2.37. The zero-order valence-corrected chi connectivity index (χ0v) is 9.47. The smallest absolute Gasteiger partial charge is 0.265 e. The van der Waals surface area contributed by atoms with Gasteiger partial charge < -0.3 is 0 Å². The van der Waals surface area contributed by atoms with E-state index < -0.39 is 11.4 Å². The molecule has 1 heterocycles. The summed E-state index contributed by atoms with van der Waals surface area (Å²) in [6, 6.07) is 0. The Morgan fingerprint density at radius 1 is 1.08 bits per heavy atom. The van der Waals surface area contributed by atoms with Gasteiger partial charge in [-0.2, -0.15) is 4.21 Å². The molecule has 1 aliphatic heterocycles. The first-order chi connectivity index (χ1) is 6.00. The van der Waals surface area contributed by atoms with E-state index in [9.17, 15) is 4.21 Å². The van der Waals surface area contributed by atoms with Crippen LogP contribution >= 0.6 is 0 Å². The van der Waals surface area contributed by atoms with Crippen LogP contribution in [0.25, 0.3) is 0 Å². The Balaban J connectivity index is 2.57. The van der Waals surface area contributed by atoms with Crippen molar-refractivity contribution in [3.05, 3.63) is 0 Å². The molecule has 78 valence electrons. The Kier molecular flexibility index (Phi) is 3.88. The lowest BCUT2D eigenvalue weighted by molar-refractivity contribution is 0.0152. The molecule has 1 rings (SSSR count). The zero-order chi connectivity index (χ0) is 10.0. The van der Waals surface area contributed by atoms with E-state index in [0.29, 0.717) is 11.8 Å². The number of rotatable bonds is 2. The highest BCUT2D eigenvalue weighted by atomic mass is 32.2. The quantitative estimate of drug-likeness (QED) is 0.693. The Hall–Kier alpha value is 0.0700. The van der Waals surface area contributed by atoms with Crippen LogP contribution in [0.5, 0.6) is 0 Å². The van der Waals surface area contributed by atoms with Crippen LogP contribution in [0.2, 0.25) is 0 Å². The summed E-state index contributed by atoms with van der Waals surface area (Å²) in [5.74, 6) is 0.795. The van der Waals surface area contributed by atoms with E-state index in [4.69, 9.17) is 8.37 Å². The molecule has 0 amide bonds. The largest absolute Gasteiger partial charge is 0.305 e. The van der Waals surface area contributed by atoms with E-state index in [2.05, 4.69) is 27.7 Å². The second-order valence-corrected chi connectivity index (χ2v) is 4.99. The second kappa shape index (κ2) is 4.53. The highest BCUT2D eigenvalue weighted by Gasteiger charge is 2.32. The van der Waals surface area contributed by atoms with Crippen molar-refractivity contribution in [2.75, 3.05) is 0 Å². The van der Waals surface area contributed by atoms with E-state index in [-0.39, 0.29) is 12.2 Å². The van der Waals surface area contributed by atoms with Crippen LogP contribution in [0.3, 0.4) is 0 Å². The Labute approximate surface area is 82.7 Å². The van der Waals surface area contributed by atoms with Crippen molar-refractivity contribution in [2.24, 2.45) is 11.8 Å². The molecule has 0 radical (unpaired) electrons. The molecule has 1 saturated heterocycles. The number of hydrogen-bond donors (Lipinski definition) is 0. The van der Waals surface area contributed by atoms with Gasteiger partial charge in [0.05, 0.1) is 12.2 Å². The minimum absolute atomic E-state index is 0.0713. The van der Waals surface area contributed by atoms with Crippen molar-refractivity contribution in [1.82, 2.24) is 0 Å². The van der Waals surface area contributed by atoms with Crippen molar-refractivity contribution >= 4 is 11.4 Å². The predicted molar refractivity (Wildman–Crippen MR) is 52.2 cm³/mol.